The monoisotopic (exact) mass is 237 g/mol. The first-order valence-electron chi connectivity index (χ1n) is 6.29. The maximum atomic E-state index is 11.3. The summed E-state index contributed by atoms with van der Waals surface area (Å²) < 4.78 is 1.72. The Hall–Kier alpha value is -1.39. The second-order valence-electron chi connectivity index (χ2n) is 4.86. The largest absolute Gasteiger partial charge is 0.481 e. The average Bonchev–Trinajstić information content (AvgIpc) is 2.82. The Morgan fingerprint density at radius 3 is 2.94 bits per heavy atom. The zero-order valence-electron chi connectivity index (χ0n) is 10.1. The zero-order valence-corrected chi connectivity index (χ0v) is 10.1. The van der Waals surface area contributed by atoms with Gasteiger partial charge in [0.05, 0.1) is 12.0 Å². The molecule has 3 unspecified atom stereocenters. The van der Waals surface area contributed by atoms with Crippen molar-refractivity contribution in [3.05, 3.63) is 12.7 Å². The van der Waals surface area contributed by atoms with Gasteiger partial charge in [0.25, 0.3) is 0 Å². The fourth-order valence-electron chi connectivity index (χ4n) is 2.87. The first-order chi connectivity index (χ1) is 8.22. The third kappa shape index (κ3) is 2.65. The van der Waals surface area contributed by atoms with Gasteiger partial charge in [-0.05, 0) is 25.2 Å². The standard InChI is InChI=1S/C12H19N3O2/c1-2-3-9-4-5-10(12(16)17)11(6-9)15-8-13-7-14-15/h7-11H,2-6H2,1H3,(H,16,17). The van der Waals surface area contributed by atoms with Gasteiger partial charge in [0.1, 0.15) is 12.7 Å². The molecule has 0 amide bonds. The highest BCUT2D eigenvalue weighted by atomic mass is 16.4. The summed E-state index contributed by atoms with van der Waals surface area (Å²) in [5, 5.41) is 13.4. The summed E-state index contributed by atoms with van der Waals surface area (Å²) in [5.41, 5.74) is 0. The van der Waals surface area contributed by atoms with Crippen LogP contribution in [0.15, 0.2) is 12.7 Å². The van der Waals surface area contributed by atoms with Crippen molar-refractivity contribution < 1.29 is 9.90 Å². The van der Waals surface area contributed by atoms with Crippen molar-refractivity contribution in [1.29, 1.82) is 0 Å². The van der Waals surface area contributed by atoms with Crippen LogP contribution in [0.1, 0.15) is 45.1 Å². The van der Waals surface area contributed by atoms with E-state index in [9.17, 15) is 9.90 Å². The number of hydrogen-bond acceptors (Lipinski definition) is 3. The minimum absolute atomic E-state index is 0.0275. The molecule has 1 aromatic heterocycles. The van der Waals surface area contributed by atoms with E-state index in [1.54, 1.807) is 11.0 Å². The third-order valence-corrected chi connectivity index (χ3v) is 3.72. The molecule has 2 rings (SSSR count). The van der Waals surface area contributed by atoms with Crippen molar-refractivity contribution in [2.24, 2.45) is 11.8 Å². The van der Waals surface area contributed by atoms with Crippen molar-refractivity contribution in [3.63, 3.8) is 0 Å². The smallest absolute Gasteiger partial charge is 0.308 e. The van der Waals surface area contributed by atoms with Crippen molar-refractivity contribution in [1.82, 2.24) is 14.8 Å². The maximum absolute atomic E-state index is 11.3. The number of carboxylic acid groups (broad SMARTS) is 1. The van der Waals surface area contributed by atoms with E-state index < -0.39 is 5.97 Å². The van der Waals surface area contributed by atoms with E-state index in [1.807, 2.05) is 0 Å². The molecule has 1 heterocycles. The summed E-state index contributed by atoms with van der Waals surface area (Å²) in [5.74, 6) is -0.393. The minimum atomic E-state index is -0.708. The lowest BCUT2D eigenvalue weighted by Crippen LogP contribution is -2.33. The van der Waals surface area contributed by atoms with E-state index >= 15 is 0 Å². The van der Waals surface area contributed by atoms with Crippen LogP contribution in [-0.2, 0) is 4.79 Å². The number of rotatable bonds is 4. The van der Waals surface area contributed by atoms with Crippen LogP contribution in [0.4, 0.5) is 0 Å². The van der Waals surface area contributed by atoms with Crippen LogP contribution >= 0.6 is 0 Å². The molecule has 1 aliphatic carbocycles. The lowest BCUT2D eigenvalue weighted by Gasteiger charge is -2.33. The summed E-state index contributed by atoms with van der Waals surface area (Å²) >= 11 is 0. The molecule has 1 saturated carbocycles. The quantitative estimate of drug-likeness (QED) is 0.871. The molecule has 0 aromatic carbocycles. The molecule has 0 saturated heterocycles. The van der Waals surface area contributed by atoms with Crippen LogP contribution in [-0.4, -0.2) is 25.8 Å². The molecule has 1 fully saturated rings. The first-order valence-corrected chi connectivity index (χ1v) is 6.29. The van der Waals surface area contributed by atoms with Crippen molar-refractivity contribution in [2.75, 3.05) is 0 Å². The Bertz CT molecular complexity index is 364. The van der Waals surface area contributed by atoms with E-state index in [0.717, 1.165) is 25.7 Å². The topological polar surface area (TPSA) is 68.0 Å². The molecular weight excluding hydrogens is 218 g/mol. The van der Waals surface area contributed by atoms with Crippen LogP contribution in [0.25, 0.3) is 0 Å². The van der Waals surface area contributed by atoms with E-state index in [-0.39, 0.29) is 12.0 Å². The van der Waals surface area contributed by atoms with Crippen LogP contribution in [0, 0.1) is 11.8 Å². The summed E-state index contributed by atoms with van der Waals surface area (Å²) in [6, 6.07) is -0.0275. The SMILES string of the molecule is CCCC1CCC(C(=O)O)C(n2cncn2)C1. The van der Waals surface area contributed by atoms with Gasteiger partial charge >= 0.3 is 5.97 Å². The average molecular weight is 237 g/mol. The van der Waals surface area contributed by atoms with Gasteiger partial charge in [0.15, 0.2) is 0 Å². The molecule has 0 radical (unpaired) electrons. The third-order valence-electron chi connectivity index (χ3n) is 3.72. The van der Waals surface area contributed by atoms with E-state index in [4.69, 9.17) is 0 Å². The normalized spacial score (nSPS) is 29.1. The van der Waals surface area contributed by atoms with Crippen molar-refractivity contribution in [3.8, 4) is 0 Å². The first kappa shape index (κ1) is 12.1. The van der Waals surface area contributed by atoms with Crippen LogP contribution in [0.5, 0.6) is 0 Å². The predicted molar refractivity (Wildman–Crippen MR) is 62.4 cm³/mol. The van der Waals surface area contributed by atoms with Gasteiger partial charge < -0.3 is 5.11 Å². The number of hydrogen-bond donors (Lipinski definition) is 1. The Labute approximate surface area is 101 Å². The van der Waals surface area contributed by atoms with Crippen LogP contribution in [0.2, 0.25) is 0 Å². The lowest BCUT2D eigenvalue weighted by molar-refractivity contribution is -0.145. The van der Waals surface area contributed by atoms with Crippen molar-refractivity contribution >= 4 is 5.97 Å². The number of aromatic nitrogens is 3. The van der Waals surface area contributed by atoms with Crippen LogP contribution < -0.4 is 0 Å². The van der Waals surface area contributed by atoms with E-state index in [2.05, 4.69) is 17.0 Å². The maximum Gasteiger partial charge on any atom is 0.308 e. The highest BCUT2D eigenvalue weighted by Gasteiger charge is 2.36. The molecule has 3 atom stereocenters. The van der Waals surface area contributed by atoms with Gasteiger partial charge in [-0.15, -0.1) is 0 Å². The predicted octanol–water partition coefficient (Wildman–Crippen LogP) is 2.12. The molecule has 1 aliphatic rings. The van der Waals surface area contributed by atoms with Gasteiger partial charge in [-0.2, -0.15) is 5.10 Å². The number of aliphatic carboxylic acids is 1. The Morgan fingerprint density at radius 2 is 2.35 bits per heavy atom. The molecule has 5 heteroatoms. The minimum Gasteiger partial charge on any atom is -0.481 e. The lowest BCUT2D eigenvalue weighted by atomic mass is 9.76. The summed E-state index contributed by atoms with van der Waals surface area (Å²) in [4.78, 5) is 15.2. The van der Waals surface area contributed by atoms with Gasteiger partial charge in [0.2, 0.25) is 0 Å². The van der Waals surface area contributed by atoms with Gasteiger partial charge in [-0.3, -0.25) is 4.79 Å². The fraction of sp³-hybridized carbons (Fsp3) is 0.750. The molecule has 0 spiro atoms. The molecule has 0 aliphatic heterocycles. The second kappa shape index (κ2) is 5.29. The Kier molecular flexibility index (Phi) is 3.76. The molecular formula is C12H19N3O2. The second-order valence-corrected chi connectivity index (χ2v) is 4.86. The van der Waals surface area contributed by atoms with Gasteiger partial charge in [-0.1, -0.05) is 19.8 Å². The Morgan fingerprint density at radius 1 is 1.53 bits per heavy atom. The van der Waals surface area contributed by atoms with E-state index in [1.165, 1.54) is 12.7 Å². The number of carbonyl (C=O) groups is 1. The summed E-state index contributed by atoms with van der Waals surface area (Å²) in [7, 11) is 0. The summed E-state index contributed by atoms with van der Waals surface area (Å²) in [6.07, 6.45) is 8.13. The molecule has 1 N–H and O–H groups in total. The van der Waals surface area contributed by atoms with Gasteiger partial charge in [0, 0.05) is 0 Å². The zero-order chi connectivity index (χ0) is 12.3. The molecule has 1 aromatic rings. The van der Waals surface area contributed by atoms with E-state index in [0.29, 0.717) is 5.92 Å². The fourth-order valence-corrected chi connectivity index (χ4v) is 2.87. The Balaban J connectivity index is 2.13. The van der Waals surface area contributed by atoms with Crippen molar-refractivity contribution in [2.45, 2.75) is 45.1 Å². The number of nitrogens with zero attached hydrogens (tertiary/aromatic N) is 3. The molecule has 17 heavy (non-hydrogen) atoms. The highest BCUT2D eigenvalue weighted by Crippen LogP contribution is 2.38. The molecule has 94 valence electrons. The molecule has 5 nitrogen and oxygen atoms in total. The van der Waals surface area contributed by atoms with Gasteiger partial charge in [-0.25, -0.2) is 9.67 Å². The summed E-state index contributed by atoms with van der Waals surface area (Å²) in [6.45, 7) is 2.17. The molecule has 0 bridgehead atoms. The van der Waals surface area contributed by atoms with Crippen LogP contribution in [0.3, 0.4) is 0 Å². The highest BCUT2D eigenvalue weighted by molar-refractivity contribution is 5.70. The number of carboxylic acids is 1.